The lowest BCUT2D eigenvalue weighted by Crippen LogP contribution is -2.42. The molecule has 1 saturated heterocycles. The van der Waals surface area contributed by atoms with E-state index >= 15 is 0 Å². The van der Waals surface area contributed by atoms with Crippen molar-refractivity contribution < 1.29 is 18.3 Å². The van der Waals surface area contributed by atoms with Gasteiger partial charge in [0.15, 0.2) is 0 Å². The van der Waals surface area contributed by atoms with Crippen molar-refractivity contribution in [2.45, 2.75) is 57.0 Å². The van der Waals surface area contributed by atoms with Crippen LogP contribution in [0.4, 0.5) is 19.1 Å². The summed E-state index contributed by atoms with van der Waals surface area (Å²) in [5.41, 5.74) is 4.04. The van der Waals surface area contributed by atoms with Crippen LogP contribution in [0.1, 0.15) is 43.7 Å². The number of fused-ring (bicyclic) bond motifs is 1. The molecule has 0 amide bonds. The Morgan fingerprint density at radius 3 is 2.59 bits per heavy atom. The fourth-order valence-electron chi connectivity index (χ4n) is 5.24. The molecule has 2 aromatic heterocycles. The number of aromatic nitrogens is 3. The predicted octanol–water partition coefficient (Wildman–Crippen LogP) is 4.77. The van der Waals surface area contributed by atoms with Crippen molar-refractivity contribution in [1.82, 2.24) is 24.8 Å². The van der Waals surface area contributed by atoms with E-state index in [2.05, 4.69) is 60.5 Å². The van der Waals surface area contributed by atoms with Crippen molar-refractivity contribution in [2.75, 3.05) is 38.0 Å². The molecule has 3 N–H and O–H groups in total. The second kappa shape index (κ2) is 12.0. The van der Waals surface area contributed by atoms with Crippen LogP contribution >= 0.6 is 12.4 Å². The standard InChI is InChI=1S/C26H33F3N6O.ClH/c27-26(28,29)8-9-31-25-32-15-22-23(17-35(24(22)33-25)20-4-6-21(36)7-5-20)19-3-1-2-18(14-19)16-34-12-10-30-11-13-34;/h1-3,14-15,17,20-21,30,36H,4-13,16H2,(H,31,32,33);1H/t20-,21-;. The van der Waals surface area contributed by atoms with Crippen LogP contribution in [0.3, 0.4) is 0 Å². The van der Waals surface area contributed by atoms with E-state index in [1.165, 1.54) is 5.56 Å². The second-order valence-corrected chi connectivity index (χ2v) is 9.86. The van der Waals surface area contributed by atoms with E-state index in [1.807, 2.05) is 0 Å². The van der Waals surface area contributed by atoms with E-state index in [1.54, 1.807) is 6.20 Å². The van der Waals surface area contributed by atoms with Crippen LogP contribution < -0.4 is 10.6 Å². The summed E-state index contributed by atoms with van der Waals surface area (Å²) in [7, 11) is 0. The zero-order chi connectivity index (χ0) is 25.1. The number of piperazine rings is 1. The van der Waals surface area contributed by atoms with Crippen LogP contribution in [-0.2, 0) is 6.54 Å². The number of nitrogens with zero attached hydrogens (tertiary/aromatic N) is 4. The minimum Gasteiger partial charge on any atom is -0.393 e. The number of alkyl halides is 3. The van der Waals surface area contributed by atoms with Gasteiger partial charge in [-0.05, 0) is 42.9 Å². The SMILES string of the molecule is Cl.O[C@H]1CC[C@H](n2cc(-c3cccc(CN4CCNCC4)c3)c3cnc(NCCC(F)(F)F)nc32)CC1. The van der Waals surface area contributed by atoms with Crippen molar-refractivity contribution in [2.24, 2.45) is 0 Å². The Bertz CT molecular complexity index is 1170. The van der Waals surface area contributed by atoms with Crippen LogP contribution in [0.25, 0.3) is 22.2 Å². The van der Waals surface area contributed by atoms with Crippen molar-refractivity contribution in [3.63, 3.8) is 0 Å². The molecule has 2 aliphatic rings. The van der Waals surface area contributed by atoms with Gasteiger partial charge in [0.25, 0.3) is 0 Å². The van der Waals surface area contributed by atoms with Crippen molar-refractivity contribution in [3.05, 3.63) is 42.2 Å². The first kappa shape index (κ1) is 27.6. The van der Waals surface area contributed by atoms with Gasteiger partial charge in [-0.2, -0.15) is 18.2 Å². The Balaban J connectivity index is 0.00000320. The van der Waals surface area contributed by atoms with Gasteiger partial charge >= 0.3 is 6.18 Å². The second-order valence-electron chi connectivity index (χ2n) is 9.86. The number of anilines is 1. The molecule has 0 spiro atoms. The van der Waals surface area contributed by atoms with Gasteiger partial charge < -0.3 is 20.3 Å². The molecule has 1 aromatic carbocycles. The monoisotopic (exact) mass is 538 g/mol. The maximum atomic E-state index is 12.6. The van der Waals surface area contributed by atoms with E-state index in [4.69, 9.17) is 0 Å². The molecule has 202 valence electrons. The summed E-state index contributed by atoms with van der Waals surface area (Å²) >= 11 is 0. The summed E-state index contributed by atoms with van der Waals surface area (Å²) in [5, 5.41) is 17.0. The van der Waals surface area contributed by atoms with Gasteiger partial charge in [0.05, 0.1) is 12.5 Å². The lowest BCUT2D eigenvalue weighted by molar-refractivity contribution is -0.131. The summed E-state index contributed by atoms with van der Waals surface area (Å²) in [6.07, 6.45) is 1.46. The lowest BCUT2D eigenvalue weighted by Gasteiger charge is -2.27. The Morgan fingerprint density at radius 2 is 1.86 bits per heavy atom. The zero-order valence-electron chi connectivity index (χ0n) is 20.7. The normalized spacial score (nSPS) is 21.1. The summed E-state index contributed by atoms with van der Waals surface area (Å²) in [6, 6.07) is 8.68. The summed E-state index contributed by atoms with van der Waals surface area (Å²) < 4.78 is 40.0. The molecule has 0 unspecified atom stereocenters. The smallest absolute Gasteiger partial charge is 0.390 e. The van der Waals surface area contributed by atoms with Crippen LogP contribution in [0.15, 0.2) is 36.7 Å². The number of aliphatic hydroxyl groups is 1. The quantitative estimate of drug-likeness (QED) is 0.402. The van der Waals surface area contributed by atoms with Crippen molar-refractivity contribution >= 4 is 29.4 Å². The van der Waals surface area contributed by atoms with Gasteiger partial charge in [0.1, 0.15) is 5.65 Å². The fraction of sp³-hybridized carbons (Fsp3) is 0.538. The molecule has 1 aliphatic carbocycles. The predicted molar refractivity (Wildman–Crippen MR) is 141 cm³/mol. The molecule has 1 aliphatic heterocycles. The average molecular weight is 539 g/mol. The maximum Gasteiger partial charge on any atom is 0.390 e. The topological polar surface area (TPSA) is 78.2 Å². The van der Waals surface area contributed by atoms with Gasteiger partial charge in [0, 0.05) is 68.7 Å². The van der Waals surface area contributed by atoms with E-state index < -0.39 is 12.6 Å². The number of rotatable bonds is 7. The number of aliphatic hydroxyl groups excluding tert-OH is 1. The Hall–Kier alpha value is -2.40. The summed E-state index contributed by atoms with van der Waals surface area (Å²) in [6.45, 7) is 4.66. The van der Waals surface area contributed by atoms with Crippen molar-refractivity contribution in [1.29, 1.82) is 0 Å². The van der Waals surface area contributed by atoms with Crippen LogP contribution in [0.2, 0.25) is 0 Å². The first-order valence-electron chi connectivity index (χ1n) is 12.7. The van der Waals surface area contributed by atoms with Crippen molar-refractivity contribution in [3.8, 4) is 11.1 Å². The number of benzene rings is 1. The third-order valence-corrected chi connectivity index (χ3v) is 7.18. The Labute approximate surface area is 220 Å². The number of nitrogens with one attached hydrogen (secondary N) is 2. The number of hydrogen-bond donors (Lipinski definition) is 3. The third kappa shape index (κ3) is 6.93. The van der Waals surface area contributed by atoms with Gasteiger partial charge in [-0.1, -0.05) is 18.2 Å². The summed E-state index contributed by atoms with van der Waals surface area (Å²) in [5.74, 6) is 0.195. The molecule has 0 radical (unpaired) electrons. The molecule has 37 heavy (non-hydrogen) atoms. The van der Waals surface area contributed by atoms with Gasteiger partial charge in [-0.25, -0.2) is 4.98 Å². The Kier molecular flexibility index (Phi) is 8.94. The molecule has 0 bridgehead atoms. The minimum atomic E-state index is -4.23. The molecule has 1 saturated carbocycles. The molecule has 7 nitrogen and oxygen atoms in total. The number of halogens is 4. The Morgan fingerprint density at radius 1 is 1.11 bits per heavy atom. The highest BCUT2D eigenvalue weighted by molar-refractivity contribution is 5.94. The molecule has 11 heteroatoms. The highest BCUT2D eigenvalue weighted by Gasteiger charge is 2.27. The highest BCUT2D eigenvalue weighted by atomic mass is 35.5. The molecule has 5 rings (SSSR count). The largest absolute Gasteiger partial charge is 0.393 e. The number of hydrogen-bond acceptors (Lipinski definition) is 6. The van der Waals surface area contributed by atoms with Crippen LogP contribution in [0.5, 0.6) is 0 Å². The first-order valence-corrected chi connectivity index (χ1v) is 12.7. The van der Waals surface area contributed by atoms with Gasteiger partial charge in [-0.3, -0.25) is 4.90 Å². The molecule has 2 fully saturated rings. The molecular formula is C26H34ClF3N6O. The third-order valence-electron chi connectivity index (χ3n) is 7.18. The van der Waals surface area contributed by atoms with E-state index in [9.17, 15) is 18.3 Å². The van der Waals surface area contributed by atoms with Gasteiger partial charge in [0.2, 0.25) is 5.95 Å². The van der Waals surface area contributed by atoms with E-state index in [-0.39, 0.29) is 37.0 Å². The molecule has 3 aromatic rings. The molecular weight excluding hydrogens is 505 g/mol. The maximum absolute atomic E-state index is 12.6. The molecule has 0 atom stereocenters. The fourth-order valence-corrected chi connectivity index (χ4v) is 5.24. The summed E-state index contributed by atoms with van der Waals surface area (Å²) in [4.78, 5) is 11.4. The van der Waals surface area contributed by atoms with Crippen LogP contribution in [0, 0.1) is 0 Å². The highest BCUT2D eigenvalue weighted by Crippen LogP contribution is 2.37. The molecule has 3 heterocycles. The van der Waals surface area contributed by atoms with E-state index in [0.717, 1.165) is 74.9 Å². The average Bonchev–Trinajstić information content (AvgIpc) is 3.23. The first-order chi connectivity index (χ1) is 17.4. The zero-order valence-corrected chi connectivity index (χ0v) is 21.5. The lowest BCUT2D eigenvalue weighted by atomic mass is 9.93. The minimum absolute atomic E-state index is 0. The van der Waals surface area contributed by atoms with Crippen LogP contribution in [-0.4, -0.2) is 69.5 Å². The van der Waals surface area contributed by atoms with E-state index in [0.29, 0.717) is 5.65 Å². The van der Waals surface area contributed by atoms with Gasteiger partial charge in [-0.15, -0.1) is 12.4 Å².